The van der Waals surface area contributed by atoms with E-state index in [1.165, 1.54) is 28.6 Å². The molecule has 26 heavy (non-hydrogen) atoms. The van der Waals surface area contributed by atoms with Crippen LogP contribution in [0.2, 0.25) is 5.02 Å². The van der Waals surface area contributed by atoms with Crippen molar-refractivity contribution in [3.05, 3.63) is 65.6 Å². The first-order valence-corrected chi connectivity index (χ1v) is 9.02. The van der Waals surface area contributed by atoms with E-state index >= 15 is 0 Å². The van der Waals surface area contributed by atoms with Crippen LogP contribution in [0.15, 0.2) is 59.9 Å². The summed E-state index contributed by atoms with van der Waals surface area (Å²) in [6.45, 7) is 1.73. The molecule has 0 bridgehead atoms. The van der Waals surface area contributed by atoms with Crippen LogP contribution in [0, 0.1) is 5.82 Å². The van der Waals surface area contributed by atoms with Crippen LogP contribution in [0.3, 0.4) is 0 Å². The fourth-order valence-corrected chi connectivity index (χ4v) is 3.27. The molecule has 3 N–H and O–H groups in total. The number of amides is 1. The van der Waals surface area contributed by atoms with Gasteiger partial charge in [-0.05, 0) is 25.1 Å². The molecule has 0 aliphatic carbocycles. The number of hydrogen-bond donors (Lipinski definition) is 2. The van der Waals surface area contributed by atoms with E-state index in [2.05, 4.69) is 10.3 Å². The van der Waals surface area contributed by atoms with Crippen molar-refractivity contribution in [3.63, 3.8) is 0 Å². The number of carbonyl (C=O) groups excluding carboxylic acids is 1. The average molecular weight is 391 g/mol. The van der Waals surface area contributed by atoms with E-state index in [1.807, 2.05) is 30.3 Å². The Hall–Kier alpha value is -2.51. The number of thioether (sulfide) groups is 1. The van der Waals surface area contributed by atoms with Crippen molar-refractivity contribution in [3.8, 4) is 11.3 Å². The number of nitrogens with two attached hydrogens (primary N) is 1. The number of anilines is 1. The van der Waals surface area contributed by atoms with Gasteiger partial charge in [0.25, 0.3) is 0 Å². The Morgan fingerprint density at radius 2 is 2.04 bits per heavy atom. The third kappa shape index (κ3) is 4.17. The largest absolute Gasteiger partial charge is 0.337 e. The number of benzene rings is 2. The summed E-state index contributed by atoms with van der Waals surface area (Å²) < 4.78 is 14.5. The van der Waals surface area contributed by atoms with E-state index < -0.39 is 11.1 Å². The van der Waals surface area contributed by atoms with Crippen molar-refractivity contribution in [2.75, 3.05) is 11.2 Å². The maximum atomic E-state index is 13.1. The van der Waals surface area contributed by atoms with Crippen molar-refractivity contribution in [1.29, 1.82) is 0 Å². The summed E-state index contributed by atoms with van der Waals surface area (Å²) in [5.74, 6) is 5.21. The zero-order valence-electron chi connectivity index (χ0n) is 13.8. The Balaban J connectivity index is 1.70. The zero-order chi connectivity index (χ0) is 18.7. The molecule has 2 aromatic carbocycles. The number of rotatable bonds is 5. The van der Waals surface area contributed by atoms with Gasteiger partial charge in [-0.3, -0.25) is 4.79 Å². The van der Waals surface area contributed by atoms with Gasteiger partial charge < -0.3 is 11.2 Å². The molecule has 0 fully saturated rings. The van der Waals surface area contributed by atoms with Crippen LogP contribution < -0.4 is 11.2 Å². The van der Waals surface area contributed by atoms with Gasteiger partial charge in [0.15, 0.2) is 5.16 Å². The topological polar surface area (TPSA) is 72.9 Å². The first kappa shape index (κ1) is 18.3. The summed E-state index contributed by atoms with van der Waals surface area (Å²) >= 11 is 7.16. The molecular weight excluding hydrogens is 375 g/mol. The van der Waals surface area contributed by atoms with Gasteiger partial charge in [0.1, 0.15) is 5.82 Å². The van der Waals surface area contributed by atoms with Crippen LogP contribution in [0.4, 0.5) is 10.1 Å². The first-order chi connectivity index (χ1) is 12.4. The molecule has 134 valence electrons. The highest BCUT2D eigenvalue weighted by atomic mass is 35.5. The van der Waals surface area contributed by atoms with Gasteiger partial charge in [0.2, 0.25) is 5.91 Å². The van der Waals surface area contributed by atoms with Gasteiger partial charge in [0.05, 0.1) is 27.9 Å². The fraction of sp³-hybridized carbons (Fsp3) is 0.111. The van der Waals surface area contributed by atoms with Crippen molar-refractivity contribution in [2.45, 2.75) is 17.3 Å². The molecule has 1 heterocycles. The number of aromatic nitrogens is 2. The molecule has 5 nitrogen and oxygen atoms in total. The number of imidazole rings is 1. The van der Waals surface area contributed by atoms with Crippen LogP contribution in [0.1, 0.15) is 6.92 Å². The monoisotopic (exact) mass is 390 g/mol. The van der Waals surface area contributed by atoms with E-state index in [0.29, 0.717) is 10.8 Å². The lowest BCUT2D eigenvalue weighted by Crippen LogP contribution is -2.23. The van der Waals surface area contributed by atoms with Crippen LogP contribution >= 0.6 is 23.4 Å². The van der Waals surface area contributed by atoms with E-state index in [4.69, 9.17) is 17.4 Å². The third-order valence-corrected chi connectivity index (χ3v) is 5.00. The quantitative estimate of drug-likeness (QED) is 0.506. The molecule has 0 aliphatic rings. The number of carbonyl (C=O) groups is 1. The highest BCUT2D eigenvalue weighted by Gasteiger charge is 2.19. The normalized spacial score (nSPS) is 12.0. The lowest BCUT2D eigenvalue weighted by Gasteiger charge is -2.12. The second-order valence-corrected chi connectivity index (χ2v) is 7.27. The predicted molar refractivity (Wildman–Crippen MR) is 103 cm³/mol. The van der Waals surface area contributed by atoms with Gasteiger partial charge in [0, 0.05) is 5.56 Å². The second kappa shape index (κ2) is 7.80. The van der Waals surface area contributed by atoms with Crippen LogP contribution in [0.5, 0.6) is 0 Å². The van der Waals surface area contributed by atoms with E-state index in [-0.39, 0.29) is 10.9 Å². The highest BCUT2D eigenvalue weighted by molar-refractivity contribution is 8.00. The maximum Gasteiger partial charge on any atom is 0.237 e. The molecule has 0 unspecified atom stereocenters. The molecule has 0 saturated heterocycles. The summed E-state index contributed by atoms with van der Waals surface area (Å²) in [7, 11) is 0. The van der Waals surface area contributed by atoms with Crippen LogP contribution in [-0.4, -0.2) is 20.8 Å². The summed E-state index contributed by atoms with van der Waals surface area (Å²) in [5, 5.41) is 2.85. The van der Waals surface area contributed by atoms with Gasteiger partial charge in [-0.1, -0.05) is 53.7 Å². The minimum Gasteiger partial charge on any atom is -0.337 e. The predicted octanol–water partition coefficient (Wildman–Crippen LogP) is 4.18. The Morgan fingerprint density at radius 1 is 1.31 bits per heavy atom. The number of hydrogen-bond acceptors (Lipinski definition) is 4. The second-order valence-electron chi connectivity index (χ2n) is 5.56. The minimum atomic E-state index is -0.482. The summed E-state index contributed by atoms with van der Waals surface area (Å²) in [6.07, 6.45) is 1.71. The SMILES string of the molecule is C[C@H](Sc1nc(-c2ccccc2)cn1N)C(=O)Nc1ccc(F)cc1Cl. The third-order valence-electron chi connectivity index (χ3n) is 3.61. The summed E-state index contributed by atoms with van der Waals surface area (Å²) in [5.41, 5.74) is 2.02. The Labute approximate surface area is 159 Å². The number of halogens is 2. The molecule has 1 atom stereocenters. The lowest BCUT2D eigenvalue weighted by molar-refractivity contribution is -0.115. The molecule has 8 heteroatoms. The molecule has 3 aromatic rings. The maximum absolute atomic E-state index is 13.1. The van der Waals surface area contributed by atoms with Crippen molar-refractivity contribution >= 4 is 35.0 Å². The zero-order valence-corrected chi connectivity index (χ0v) is 15.4. The van der Waals surface area contributed by atoms with Gasteiger partial charge >= 0.3 is 0 Å². The van der Waals surface area contributed by atoms with Crippen molar-refractivity contribution in [2.24, 2.45) is 0 Å². The highest BCUT2D eigenvalue weighted by Crippen LogP contribution is 2.28. The number of nitrogen functional groups attached to an aromatic ring is 1. The van der Waals surface area contributed by atoms with Gasteiger partial charge in [-0.2, -0.15) is 0 Å². The molecule has 0 aliphatic heterocycles. The molecule has 1 aromatic heterocycles. The van der Waals surface area contributed by atoms with E-state index in [1.54, 1.807) is 13.1 Å². The molecule has 1 amide bonds. The van der Waals surface area contributed by atoms with Crippen molar-refractivity contribution in [1.82, 2.24) is 9.66 Å². The smallest absolute Gasteiger partial charge is 0.237 e. The summed E-state index contributed by atoms with van der Waals surface area (Å²) in [4.78, 5) is 16.9. The molecule has 0 saturated carbocycles. The molecular formula is C18H16ClFN4OS. The molecule has 3 rings (SSSR count). The van der Waals surface area contributed by atoms with E-state index in [0.717, 1.165) is 17.3 Å². The van der Waals surface area contributed by atoms with Crippen LogP contribution in [0.25, 0.3) is 11.3 Å². The molecule has 0 radical (unpaired) electrons. The Morgan fingerprint density at radius 3 is 2.73 bits per heavy atom. The average Bonchev–Trinajstić information content (AvgIpc) is 2.98. The Bertz CT molecular complexity index is 932. The Kier molecular flexibility index (Phi) is 5.49. The standard InChI is InChI=1S/C18H16ClFN4OS/c1-11(17(25)22-15-8-7-13(20)9-14(15)19)26-18-23-16(10-24(18)21)12-5-3-2-4-6-12/h2-11H,21H2,1H3,(H,22,25)/t11-/m0/s1. The molecule has 0 spiro atoms. The first-order valence-electron chi connectivity index (χ1n) is 7.76. The lowest BCUT2D eigenvalue weighted by atomic mass is 10.2. The van der Waals surface area contributed by atoms with Gasteiger partial charge in [-0.15, -0.1) is 0 Å². The number of nitrogens with one attached hydrogen (secondary N) is 1. The minimum absolute atomic E-state index is 0.141. The number of nitrogens with zero attached hydrogens (tertiary/aromatic N) is 2. The van der Waals surface area contributed by atoms with Crippen LogP contribution in [-0.2, 0) is 4.79 Å². The van der Waals surface area contributed by atoms with E-state index in [9.17, 15) is 9.18 Å². The van der Waals surface area contributed by atoms with Crippen molar-refractivity contribution < 1.29 is 9.18 Å². The fourth-order valence-electron chi connectivity index (χ4n) is 2.25. The van der Waals surface area contributed by atoms with Gasteiger partial charge in [-0.25, -0.2) is 14.1 Å². The summed E-state index contributed by atoms with van der Waals surface area (Å²) in [6, 6.07) is 13.4.